The molecule has 7 nitrogen and oxygen atoms in total. The molecule has 1 aromatic carbocycles. The molecule has 3 aromatic rings. The molecular weight excluding hydrogens is 353 g/mol. The minimum atomic E-state index is -0.476. The third kappa shape index (κ3) is 3.27. The number of aromatic nitrogens is 4. The van der Waals surface area contributed by atoms with E-state index in [4.69, 9.17) is 23.2 Å². The van der Waals surface area contributed by atoms with Gasteiger partial charge in [0, 0.05) is 17.5 Å². The van der Waals surface area contributed by atoms with Crippen LogP contribution in [0.25, 0.3) is 5.78 Å². The molecule has 0 bridgehead atoms. The first kappa shape index (κ1) is 16.5. The Morgan fingerprint density at radius 1 is 1.33 bits per heavy atom. The molecule has 9 heteroatoms. The quantitative estimate of drug-likeness (QED) is 0.743. The van der Waals surface area contributed by atoms with Gasteiger partial charge in [-0.15, -0.1) is 5.10 Å². The Bertz CT molecular complexity index is 980. The smallest absolute Gasteiger partial charge is 0.258 e. The number of hydrogen-bond acceptors (Lipinski definition) is 4. The van der Waals surface area contributed by atoms with E-state index in [1.807, 2.05) is 6.92 Å². The van der Waals surface area contributed by atoms with E-state index in [2.05, 4.69) is 20.4 Å². The fraction of sp³-hybridized carbons (Fsp3) is 0.200. The van der Waals surface area contributed by atoms with Gasteiger partial charge in [-0.3, -0.25) is 14.6 Å². The Morgan fingerprint density at radius 2 is 2.12 bits per heavy atom. The SMILES string of the molecule is CCCc1nc2[nH]c(=O)cc(NC(=O)c3ccc(Cl)cc3Cl)n2n1. The fourth-order valence-electron chi connectivity index (χ4n) is 2.21. The zero-order valence-electron chi connectivity index (χ0n) is 12.6. The first-order valence-corrected chi connectivity index (χ1v) is 7.99. The van der Waals surface area contributed by atoms with E-state index < -0.39 is 11.5 Å². The molecule has 0 aliphatic heterocycles. The molecule has 0 aliphatic rings. The molecule has 2 heterocycles. The number of amides is 1. The summed E-state index contributed by atoms with van der Waals surface area (Å²) in [5.74, 6) is 0.582. The number of rotatable bonds is 4. The van der Waals surface area contributed by atoms with Crippen molar-refractivity contribution in [3.63, 3.8) is 0 Å². The summed E-state index contributed by atoms with van der Waals surface area (Å²) in [6.45, 7) is 2.00. The van der Waals surface area contributed by atoms with E-state index in [1.165, 1.54) is 22.7 Å². The lowest BCUT2D eigenvalue weighted by Crippen LogP contribution is -2.19. The van der Waals surface area contributed by atoms with Gasteiger partial charge in [-0.2, -0.15) is 9.50 Å². The van der Waals surface area contributed by atoms with Gasteiger partial charge in [0.15, 0.2) is 5.82 Å². The van der Waals surface area contributed by atoms with Crippen molar-refractivity contribution in [3.8, 4) is 0 Å². The maximum Gasteiger partial charge on any atom is 0.258 e. The minimum absolute atomic E-state index is 0.208. The second-order valence-corrected chi connectivity index (χ2v) is 5.95. The fourth-order valence-corrected chi connectivity index (χ4v) is 2.71. The number of benzene rings is 1. The summed E-state index contributed by atoms with van der Waals surface area (Å²) in [5.41, 5.74) is -0.154. The van der Waals surface area contributed by atoms with Gasteiger partial charge in [0.1, 0.15) is 5.82 Å². The lowest BCUT2D eigenvalue weighted by molar-refractivity contribution is 0.102. The summed E-state index contributed by atoms with van der Waals surface area (Å²) >= 11 is 11.9. The summed E-state index contributed by atoms with van der Waals surface area (Å²) in [7, 11) is 0. The minimum Gasteiger partial charge on any atom is -0.306 e. The second kappa shape index (κ2) is 6.62. The topological polar surface area (TPSA) is 92.1 Å². The number of carbonyl (C=O) groups excluding carboxylic acids is 1. The van der Waals surface area contributed by atoms with E-state index >= 15 is 0 Å². The van der Waals surface area contributed by atoms with Crippen LogP contribution in [0.3, 0.4) is 0 Å². The van der Waals surface area contributed by atoms with Crippen LogP contribution < -0.4 is 10.9 Å². The molecule has 0 saturated heterocycles. The third-order valence-electron chi connectivity index (χ3n) is 3.27. The van der Waals surface area contributed by atoms with Crippen molar-refractivity contribution in [2.75, 3.05) is 5.32 Å². The standard InChI is InChI=1S/C15H13Cl2N5O2/c1-2-3-11-18-15-20-13(23)7-12(22(15)21-11)19-14(24)9-5-4-8(16)6-10(9)17/h4-7H,2-3H2,1H3,(H,19,24)(H,18,20,21,23). The van der Waals surface area contributed by atoms with E-state index in [1.54, 1.807) is 6.07 Å². The normalized spacial score (nSPS) is 11.0. The third-order valence-corrected chi connectivity index (χ3v) is 3.82. The van der Waals surface area contributed by atoms with Crippen molar-refractivity contribution in [3.05, 3.63) is 56.1 Å². The van der Waals surface area contributed by atoms with Gasteiger partial charge in [0.05, 0.1) is 10.6 Å². The molecule has 124 valence electrons. The van der Waals surface area contributed by atoms with Crippen LogP contribution in [0.2, 0.25) is 10.0 Å². The molecule has 0 fully saturated rings. The van der Waals surface area contributed by atoms with Crippen molar-refractivity contribution in [1.29, 1.82) is 0 Å². The predicted octanol–water partition coefficient (Wildman–Crippen LogP) is 2.93. The van der Waals surface area contributed by atoms with Crippen LogP contribution in [-0.4, -0.2) is 25.5 Å². The van der Waals surface area contributed by atoms with Gasteiger partial charge >= 0.3 is 0 Å². The van der Waals surface area contributed by atoms with Gasteiger partial charge < -0.3 is 5.32 Å². The van der Waals surface area contributed by atoms with Gasteiger partial charge in [0.2, 0.25) is 5.78 Å². The summed E-state index contributed by atoms with van der Waals surface area (Å²) in [6.07, 6.45) is 1.53. The van der Waals surface area contributed by atoms with Crippen LogP contribution >= 0.6 is 23.2 Å². The Balaban J connectivity index is 1.99. The number of halogens is 2. The lowest BCUT2D eigenvalue weighted by Gasteiger charge is -2.07. The number of nitrogens with zero attached hydrogens (tertiary/aromatic N) is 3. The van der Waals surface area contributed by atoms with Crippen molar-refractivity contribution in [1.82, 2.24) is 19.6 Å². The molecule has 0 aliphatic carbocycles. The van der Waals surface area contributed by atoms with Gasteiger partial charge in [0.25, 0.3) is 11.5 Å². The average Bonchev–Trinajstić information content (AvgIpc) is 2.90. The highest BCUT2D eigenvalue weighted by molar-refractivity contribution is 6.37. The highest BCUT2D eigenvalue weighted by Gasteiger charge is 2.15. The Morgan fingerprint density at radius 3 is 2.83 bits per heavy atom. The lowest BCUT2D eigenvalue weighted by atomic mass is 10.2. The first-order chi connectivity index (χ1) is 11.5. The maximum absolute atomic E-state index is 12.4. The van der Waals surface area contributed by atoms with Crippen molar-refractivity contribution in [2.24, 2.45) is 0 Å². The maximum atomic E-state index is 12.4. The first-order valence-electron chi connectivity index (χ1n) is 7.23. The van der Waals surface area contributed by atoms with Crippen LogP contribution in [0, 0.1) is 0 Å². The van der Waals surface area contributed by atoms with Crippen molar-refractivity contribution in [2.45, 2.75) is 19.8 Å². The predicted molar refractivity (Wildman–Crippen MR) is 92.0 cm³/mol. The number of anilines is 1. The van der Waals surface area contributed by atoms with E-state index in [0.717, 1.165) is 6.42 Å². The van der Waals surface area contributed by atoms with Crippen molar-refractivity contribution >= 4 is 40.7 Å². The molecule has 24 heavy (non-hydrogen) atoms. The van der Waals surface area contributed by atoms with Gasteiger partial charge in [-0.1, -0.05) is 30.1 Å². The molecule has 0 atom stereocenters. The van der Waals surface area contributed by atoms with Crippen LogP contribution in [-0.2, 0) is 6.42 Å². The molecule has 2 aromatic heterocycles. The number of hydrogen-bond donors (Lipinski definition) is 2. The number of aryl methyl sites for hydroxylation is 1. The van der Waals surface area contributed by atoms with Gasteiger partial charge in [-0.05, 0) is 24.6 Å². The van der Waals surface area contributed by atoms with Gasteiger partial charge in [-0.25, -0.2) is 0 Å². The molecule has 2 N–H and O–H groups in total. The van der Waals surface area contributed by atoms with Crippen molar-refractivity contribution < 1.29 is 4.79 Å². The summed E-state index contributed by atoms with van der Waals surface area (Å²) in [6, 6.07) is 5.78. The highest BCUT2D eigenvalue weighted by Crippen LogP contribution is 2.22. The molecule has 1 amide bonds. The number of fused-ring (bicyclic) bond motifs is 1. The molecule has 0 radical (unpaired) electrons. The zero-order valence-corrected chi connectivity index (χ0v) is 14.1. The zero-order chi connectivity index (χ0) is 17.3. The van der Waals surface area contributed by atoms with Crippen LogP contribution in [0.15, 0.2) is 29.1 Å². The van der Waals surface area contributed by atoms with E-state index in [0.29, 0.717) is 17.3 Å². The summed E-state index contributed by atoms with van der Waals surface area (Å²) < 4.78 is 1.38. The number of aromatic amines is 1. The van der Waals surface area contributed by atoms with Crippen LogP contribution in [0.1, 0.15) is 29.5 Å². The number of nitrogens with one attached hydrogen (secondary N) is 2. The molecule has 3 rings (SSSR count). The number of carbonyl (C=O) groups is 1. The van der Waals surface area contributed by atoms with E-state index in [-0.39, 0.29) is 22.2 Å². The molecule has 0 saturated carbocycles. The molecule has 0 spiro atoms. The molecule has 0 unspecified atom stereocenters. The Labute approximate surface area is 146 Å². The van der Waals surface area contributed by atoms with Crippen LogP contribution in [0.4, 0.5) is 5.82 Å². The van der Waals surface area contributed by atoms with E-state index in [9.17, 15) is 9.59 Å². The average molecular weight is 366 g/mol. The Hall–Kier alpha value is -2.38. The molecular formula is C15H13Cl2N5O2. The largest absolute Gasteiger partial charge is 0.306 e. The number of H-pyrrole nitrogens is 1. The Kier molecular flexibility index (Phi) is 4.55. The van der Waals surface area contributed by atoms with Crippen LogP contribution in [0.5, 0.6) is 0 Å². The summed E-state index contributed by atoms with van der Waals surface area (Å²) in [5, 5.41) is 7.57. The second-order valence-electron chi connectivity index (χ2n) is 5.11. The summed E-state index contributed by atoms with van der Waals surface area (Å²) in [4.78, 5) is 31.0. The monoisotopic (exact) mass is 365 g/mol. The highest BCUT2D eigenvalue weighted by atomic mass is 35.5.